The first-order valence-electron chi connectivity index (χ1n) is 5.67. The first-order valence-corrected chi connectivity index (χ1v) is 7.08. The van der Waals surface area contributed by atoms with E-state index in [1.807, 2.05) is 0 Å². The summed E-state index contributed by atoms with van der Waals surface area (Å²) < 4.78 is 28.3. The van der Waals surface area contributed by atoms with Crippen molar-refractivity contribution >= 4 is 22.1 Å². The molecular formula is C12H14O7S. The molecule has 1 rings (SSSR count). The summed E-state index contributed by atoms with van der Waals surface area (Å²) in [5.41, 5.74) is 0.838. The van der Waals surface area contributed by atoms with Gasteiger partial charge in [-0.1, -0.05) is 17.7 Å². The molecule has 20 heavy (non-hydrogen) atoms. The summed E-state index contributed by atoms with van der Waals surface area (Å²) in [5.74, 6) is -2.76. The topological polar surface area (TPSA) is 118 Å². The van der Waals surface area contributed by atoms with Crippen molar-refractivity contribution in [2.45, 2.75) is 30.8 Å². The van der Waals surface area contributed by atoms with Gasteiger partial charge in [-0.25, -0.2) is 4.79 Å². The van der Waals surface area contributed by atoms with Crippen LogP contribution in [0.1, 0.15) is 18.4 Å². The van der Waals surface area contributed by atoms with Gasteiger partial charge in [-0.3, -0.25) is 8.98 Å². The van der Waals surface area contributed by atoms with Gasteiger partial charge in [0.15, 0.2) is 6.10 Å². The fourth-order valence-corrected chi connectivity index (χ4v) is 2.45. The number of rotatable bonds is 7. The zero-order chi connectivity index (χ0) is 15.3. The van der Waals surface area contributed by atoms with E-state index in [4.69, 9.17) is 10.2 Å². The van der Waals surface area contributed by atoms with Crippen LogP contribution in [0.5, 0.6) is 0 Å². The number of hydrogen-bond acceptors (Lipinski definition) is 5. The van der Waals surface area contributed by atoms with Crippen LogP contribution in [0.3, 0.4) is 0 Å². The van der Waals surface area contributed by atoms with Gasteiger partial charge in [-0.2, -0.15) is 8.42 Å². The van der Waals surface area contributed by atoms with Gasteiger partial charge in [0, 0.05) is 6.42 Å². The molecule has 0 aliphatic rings. The van der Waals surface area contributed by atoms with Gasteiger partial charge in [-0.15, -0.1) is 0 Å². The SMILES string of the molecule is Cc1ccc(S(=O)(=O)OC(CCC(=O)O)C(=O)O)cc1. The number of aliphatic carboxylic acids is 2. The molecule has 0 aromatic heterocycles. The molecule has 1 aromatic rings. The molecule has 0 radical (unpaired) electrons. The van der Waals surface area contributed by atoms with E-state index >= 15 is 0 Å². The molecule has 0 aliphatic carbocycles. The molecule has 0 aliphatic heterocycles. The van der Waals surface area contributed by atoms with Gasteiger partial charge < -0.3 is 10.2 Å². The van der Waals surface area contributed by atoms with Crippen molar-refractivity contribution in [3.8, 4) is 0 Å². The molecule has 1 unspecified atom stereocenters. The highest BCUT2D eigenvalue weighted by atomic mass is 32.2. The molecular weight excluding hydrogens is 288 g/mol. The molecule has 8 heteroatoms. The lowest BCUT2D eigenvalue weighted by atomic mass is 10.2. The van der Waals surface area contributed by atoms with Gasteiger partial charge in [0.05, 0.1) is 4.90 Å². The summed E-state index contributed by atoms with van der Waals surface area (Å²) >= 11 is 0. The lowest BCUT2D eigenvalue weighted by molar-refractivity contribution is -0.146. The van der Waals surface area contributed by atoms with Crippen LogP contribution >= 0.6 is 0 Å². The Hall–Kier alpha value is -1.93. The first kappa shape index (κ1) is 16.1. The Kier molecular flexibility index (Phi) is 5.23. The van der Waals surface area contributed by atoms with E-state index in [2.05, 4.69) is 4.18 Å². The lowest BCUT2D eigenvalue weighted by Crippen LogP contribution is -2.28. The first-order chi connectivity index (χ1) is 9.22. The van der Waals surface area contributed by atoms with Crippen LogP contribution in [0, 0.1) is 6.92 Å². The lowest BCUT2D eigenvalue weighted by Gasteiger charge is -2.12. The van der Waals surface area contributed by atoms with E-state index in [-0.39, 0.29) is 4.90 Å². The highest BCUT2D eigenvalue weighted by Crippen LogP contribution is 2.17. The Morgan fingerprint density at radius 3 is 2.20 bits per heavy atom. The maximum atomic E-state index is 11.9. The van der Waals surface area contributed by atoms with Crippen LogP contribution < -0.4 is 0 Å². The molecule has 0 heterocycles. The highest BCUT2D eigenvalue weighted by Gasteiger charge is 2.27. The number of hydrogen-bond donors (Lipinski definition) is 2. The third-order valence-electron chi connectivity index (χ3n) is 2.45. The van der Waals surface area contributed by atoms with Crippen molar-refractivity contribution < 1.29 is 32.4 Å². The van der Waals surface area contributed by atoms with Gasteiger partial charge in [0.2, 0.25) is 0 Å². The van der Waals surface area contributed by atoms with Crippen LogP contribution in [0.4, 0.5) is 0 Å². The van der Waals surface area contributed by atoms with E-state index in [1.54, 1.807) is 19.1 Å². The van der Waals surface area contributed by atoms with E-state index in [1.165, 1.54) is 12.1 Å². The molecule has 7 nitrogen and oxygen atoms in total. The number of benzene rings is 1. The molecule has 0 fully saturated rings. The Morgan fingerprint density at radius 1 is 1.20 bits per heavy atom. The number of carboxylic acids is 2. The van der Waals surface area contributed by atoms with E-state index in [9.17, 15) is 18.0 Å². The second-order valence-corrected chi connectivity index (χ2v) is 5.69. The summed E-state index contributed by atoms with van der Waals surface area (Å²) in [4.78, 5) is 21.1. The third-order valence-corrected chi connectivity index (χ3v) is 3.78. The largest absolute Gasteiger partial charge is 0.481 e. The molecule has 1 aromatic carbocycles. The van der Waals surface area contributed by atoms with Crippen LogP contribution in [-0.2, 0) is 23.9 Å². The second kappa shape index (κ2) is 6.49. The Morgan fingerprint density at radius 2 is 1.75 bits per heavy atom. The van der Waals surface area contributed by atoms with E-state index in [0.717, 1.165) is 5.56 Å². The van der Waals surface area contributed by atoms with Crippen molar-refractivity contribution in [1.82, 2.24) is 0 Å². The van der Waals surface area contributed by atoms with Gasteiger partial charge in [-0.05, 0) is 25.5 Å². The summed E-state index contributed by atoms with van der Waals surface area (Å²) in [6, 6.07) is 5.67. The molecule has 0 bridgehead atoms. The van der Waals surface area contributed by atoms with Crippen LogP contribution in [0.15, 0.2) is 29.2 Å². The standard InChI is InChI=1S/C12H14O7S/c1-8-2-4-9(5-3-8)20(17,18)19-10(12(15)16)6-7-11(13)14/h2-5,10H,6-7H2,1H3,(H,13,14)(H,15,16). The molecule has 0 saturated heterocycles. The smallest absolute Gasteiger partial charge is 0.334 e. The van der Waals surface area contributed by atoms with Crippen molar-refractivity contribution in [2.75, 3.05) is 0 Å². The molecule has 0 spiro atoms. The maximum Gasteiger partial charge on any atom is 0.334 e. The molecule has 2 N–H and O–H groups in total. The average Bonchev–Trinajstić information content (AvgIpc) is 2.34. The summed E-state index contributed by atoms with van der Waals surface area (Å²) in [7, 11) is -4.24. The minimum Gasteiger partial charge on any atom is -0.481 e. The minimum absolute atomic E-state index is 0.176. The molecule has 0 amide bonds. The maximum absolute atomic E-state index is 11.9. The average molecular weight is 302 g/mol. The van der Waals surface area contributed by atoms with Crippen LogP contribution in [0.2, 0.25) is 0 Å². The fraction of sp³-hybridized carbons (Fsp3) is 0.333. The number of carbonyl (C=O) groups is 2. The fourth-order valence-electron chi connectivity index (χ4n) is 1.38. The van der Waals surface area contributed by atoms with Crippen molar-refractivity contribution in [3.63, 3.8) is 0 Å². The van der Waals surface area contributed by atoms with Gasteiger partial charge >= 0.3 is 11.9 Å². The van der Waals surface area contributed by atoms with Crippen molar-refractivity contribution in [2.24, 2.45) is 0 Å². The van der Waals surface area contributed by atoms with E-state index < -0.39 is 41.0 Å². The Bertz CT molecular complexity index is 589. The predicted octanol–water partition coefficient (Wildman–Crippen LogP) is 1.02. The molecule has 1 atom stereocenters. The summed E-state index contributed by atoms with van der Waals surface area (Å²) in [6.45, 7) is 1.77. The number of aryl methyl sites for hydroxylation is 1. The van der Waals surface area contributed by atoms with Gasteiger partial charge in [0.25, 0.3) is 10.1 Å². The third kappa shape index (κ3) is 4.63. The Labute approximate surface area is 115 Å². The zero-order valence-electron chi connectivity index (χ0n) is 10.6. The number of carboxylic acid groups (broad SMARTS) is 2. The second-order valence-electron chi connectivity index (χ2n) is 4.12. The normalized spacial score (nSPS) is 12.8. The van der Waals surface area contributed by atoms with Crippen LogP contribution in [-0.4, -0.2) is 36.7 Å². The summed E-state index contributed by atoms with van der Waals surface area (Å²) in [6.07, 6.45) is -2.66. The van der Waals surface area contributed by atoms with E-state index in [0.29, 0.717) is 0 Å². The highest BCUT2D eigenvalue weighted by molar-refractivity contribution is 7.86. The quantitative estimate of drug-likeness (QED) is 0.722. The monoisotopic (exact) mass is 302 g/mol. The predicted molar refractivity (Wildman–Crippen MR) is 67.7 cm³/mol. The minimum atomic E-state index is -4.24. The zero-order valence-corrected chi connectivity index (χ0v) is 11.5. The van der Waals surface area contributed by atoms with Crippen molar-refractivity contribution in [1.29, 1.82) is 0 Å². The Balaban J connectivity index is 2.88. The van der Waals surface area contributed by atoms with Gasteiger partial charge in [0.1, 0.15) is 0 Å². The van der Waals surface area contributed by atoms with Crippen molar-refractivity contribution in [3.05, 3.63) is 29.8 Å². The molecule has 110 valence electrons. The molecule has 0 saturated carbocycles. The van der Waals surface area contributed by atoms with Crippen LogP contribution in [0.25, 0.3) is 0 Å². The summed E-state index contributed by atoms with van der Waals surface area (Å²) in [5, 5.41) is 17.4.